The molecule has 0 radical (unpaired) electrons. The van der Waals surface area contributed by atoms with E-state index >= 15 is 0 Å². The standard InChI is InChI=1S/C26H36N4O4S/c1-15(2)22(21(32)12-26(4,5)27)25(34)30-10-6-7-19(30)24(33)28-13-18-9-8-17(11-20(18)31)23-16(3)29-14-35-23/h8-9,11-12,14-15,19,22,31-32H,6-7,10,13,27H2,1-5H3,(H,28,33)/b21-12-. The zero-order chi connectivity index (χ0) is 25.9. The molecule has 0 spiro atoms. The molecule has 8 nitrogen and oxygen atoms in total. The van der Waals surface area contributed by atoms with Gasteiger partial charge in [-0.3, -0.25) is 9.59 Å². The van der Waals surface area contributed by atoms with Crippen LogP contribution in [-0.2, 0) is 16.1 Å². The highest BCUT2D eigenvalue weighted by molar-refractivity contribution is 7.13. The number of aryl methyl sites for hydroxylation is 1. The number of amides is 2. The highest BCUT2D eigenvalue weighted by atomic mass is 32.1. The maximum Gasteiger partial charge on any atom is 0.243 e. The number of aliphatic hydroxyl groups excluding tert-OH is 1. The topological polar surface area (TPSA) is 129 Å². The Hall–Kier alpha value is -2.91. The Morgan fingerprint density at radius 2 is 2.09 bits per heavy atom. The van der Waals surface area contributed by atoms with Crippen molar-refractivity contribution in [2.45, 2.75) is 65.6 Å². The van der Waals surface area contributed by atoms with E-state index in [1.807, 2.05) is 26.8 Å². The van der Waals surface area contributed by atoms with Crippen LogP contribution in [0.25, 0.3) is 10.4 Å². The SMILES string of the molecule is Cc1ncsc1-c1ccc(CNC(=O)C2CCCN2C(=O)C(/C(O)=C/C(C)(C)N)C(C)C)c(O)c1. The number of aromatic nitrogens is 1. The van der Waals surface area contributed by atoms with Crippen LogP contribution in [-0.4, -0.2) is 50.0 Å². The maximum absolute atomic E-state index is 13.4. The van der Waals surface area contributed by atoms with Crippen molar-refractivity contribution < 1.29 is 19.8 Å². The van der Waals surface area contributed by atoms with Crippen molar-refractivity contribution in [3.05, 3.63) is 46.8 Å². The predicted molar refractivity (Wildman–Crippen MR) is 138 cm³/mol. The molecule has 35 heavy (non-hydrogen) atoms. The van der Waals surface area contributed by atoms with Gasteiger partial charge in [0.2, 0.25) is 11.8 Å². The number of aliphatic hydroxyl groups is 1. The molecule has 2 heterocycles. The van der Waals surface area contributed by atoms with Gasteiger partial charge in [0.1, 0.15) is 17.6 Å². The van der Waals surface area contributed by atoms with E-state index in [0.29, 0.717) is 24.9 Å². The predicted octanol–water partition coefficient (Wildman–Crippen LogP) is 3.88. The van der Waals surface area contributed by atoms with Gasteiger partial charge < -0.3 is 26.2 Å². The Kier molecular flexibility index (Phi) is 8.22. The van der Waals surface area contributed by atoms with Gasteiger partial charge in [-0.2, -0.15) is 0 Å². The third-order valence-corrected chi connectivity index (χ3v) is 7.13. The third kappa shape index (κ3) is 6.41. The number of likely N-dealkylation sites (tertiary alicyclic amines) is 1. The minimum atomic E-state index is -0.768. The van der Waals surface area contributed by atoms with Gasteiger partial charge >= 0.3 is 0 Å². The van der Waals surface area contributed by atoms with E-state index in [4.69, 9.17) is 5.73 Å². The van der Waals surface area contributed by atoms with Crippen molar-refractivity contribution >= 4 is 23.2 Å². The molecular formula is C26H36N4O4S. The number of aromatic hydroxyl groups is 1. The number of nitrogens with two attached hydrogens (primary N) is 1. The highest BCUT2D eigenvalue weighted by Crippen LogP contribution is 2.32. The fraction of sp³-hybridized carbons (Fsp3) is 0.500. The Morgan fingerprint density at radius 1 is 1.37 bits per heavy atom. The summed E-state index contributed by atoms with van der Waals surface area (Å²) in [6.07, 6.45) is 2.75. The zero-order valence-corrected chi connectivity index (χ0v) is 21.9. The van der Waals surface area contributed by atoms with Crippen LogP contribution < -0.4 is 11.1 Å². The molecule has 0 bridgehead atoms. The molecule has 2 atom stereocenters. The molecule has 1 saturated heterocycles. The van der Waals surface area contributed by atoms with Crippen molar-refractivity contribution in [1.82, 2.24) is 15.2 Å². The van der Waals surface area contributed by atoms with Gasteiger partial charge in [-0.05, 0) is 57.2 Å². The summed E-state index contributed by atoms with van der Waals surface area (Å²) in [6.45, 7) is 9.74. The number of benzene rings is 1. The molecular weight excluding hydrogens is 464 g/mol. The van der Waals surface area contributed by atoms with Crippen molar-refractivity contribution in [2.75, 3.05) is 6.54 Å². The van der Waals surface area contributed by atoms with E-state index in [0.717, 1.165) is 16.1 Å². The van der Waals surface area contributed by atoms with Crippen LogP contribution in [0.2, 0.25) is 0 Å². The van der Waals surface area contributed by atoms with E-state index in [1.165, 1.54) is 17.4 Å². The highest BCUT2D eigenvalue weighted by Gasteiger charge is 2.39. The molecule has 0 aliphatic carbocycles. The van der Waals surface area contributed by atoms with E-state index in [2.05, 4.69) is 10.3 Å². The van der Waals surface area contributed by atoms with E-state index < -0.39 is 17.5 Å². The average Bonchev–Trinajstić information content (AvgIpc) is 3.40. The summed E-state index contributed by atoms with van der Waals surface area (Å²) in [5.74, 6) is -1.45. The first-order valence-electron chi connectivity index (χ1n) is 11.9. The summed E-state index contributed by atoms with van der Waals surface area (Å²) >= 11 is 1.51. The lowest BCUT2D eigenvalue weighted by molar-refractivity contribution is -0.142. The molecule has 1 aliphatic heterocycles. The first kappa shape index (κ1) is 26.7. The molecule has 2 aromatic rings. The van der Waals surface area contributed by atoms with E-state index in [-0.39, 0.29) is 35.8 Å². The van der Waals surface area contributed by atoms with Crippen LogP contribution in [0.3, 0.4) is 0 Å². The number of hydrogen-bond donors (Lipinski definition) is 4. The van der Waals surface area contributed by atoms with Crippen LogP contribution >= 0.6 is 11.3 Å². The summed E-state index contributed by atoms with van der Waals surface area (Å²) in [6, 6.07) is 4.74. The van der Waals surface area contributed by atoms with Crippen LogP contribution in [0.1, 0.15) is 51.8 Å². The van der Waals surface area contributed by atoms with Gasteiger partial charge in [-0.25, -0.2) is 4.98 Å². The summed E-state index contributed by atoms with van der Waals surface area (Å²) in [7, 11) is 0. The second-order valence-electron chi connectivity index (χ2n) is 10.1. The number of rotatable bonds is 8. The zero-order valence-electron chi connectivity index (χ0n) is 21.0. The number of carbonyl (C=O) groups excluding carboxylic acids is 2. The lowest BCUT2D eigenvalue weighted by Crippen LogP contribution is -2.49. The molecule has 1 aromatic heterocycles. The lowest BCUT2D eigenvalue weighted by atomic mass is 9.89. The summed E-state index contributed by atoms with van der Waals surface area (Å²) < 4.78 is 0. The number of phenols is 1. The Labute approximate surface area is 210 Å². The number of nitrogens with one attached hydrogen (secondary N) is 1. The molecule has 1 aliphatic rings. The fourth-order valence-corrected chi connectivity index (χ4v) is 5.24. The molecule has 5 N–H and O–H groups in total. The van der Waals surface area contributed by atoms with Gasteiger partial charge in [0.25, 0.3) is 0 Å². The van der Waals surface area contributed by atoms with Crippen LogP contribution in [0.4, 0.5) is 0 Å². The van der Waals surface area contributed by atoms with Gasteiger partial charge in [-0.15, -0.1) is 11.3 Å². The molecule has 9 heteroatoms. The van der Waals surface area contributed by atoms with Gasteiger partial charge in [0, 0.05) is 24.2 Å². The first-order valence-corrected chi connectivity index (χ1v) is 12.8. The van der Waals surface area contributed by atoms with Crippen LogP contribution in [0.5, 0.6) is 5.75 Å². The molecule has 1 aromatic carbocycles. The van der Waals surface area contributed by atoms with Gasteiger partial charge in [0.05, 0.1) is 22.0 Å². The minimum Gasteiger partial charge on any atom is -0.512 e. The Morgan fingerprint density at radius 3 is 2.66 bits per heavy atom. The molecule has 3 rings (SSSR count). The normalized spacial score (nSPS) is 17.6. The van der Waals surface area contributed by atoms with Crippen molar-refractivity contribution in [3.63, 3.8) is 0 Å². The Balaban J connectivity index is 1.70. The average molecular weight is 501 g/mol. The third-order valence-electron chi connectivity index (χ3n) is 6.16. The minimum absolute atomic E-state index is 0.0650. The number of hydrogen-bond acceptors (Lipinski definition) is 7. The number of thiazole rings is 1. The number of phenolic OH excluding ortho intramolecular Hbond substituents is 1. The monoisotopic (exact) mass is 500 g/mol. The molecule has 2 unspecified atom stereocenters. The van der Waals surface area contributed by atoms with E-state index in [9.17, 15) is 19.8 Å². The maximum atomic E-state index is 13.4. The second kappa shape index (κ2) is 10.8. The summed E-state index contributed by atoms with van der Waals surface area (Å²) in [5.41, 5.74) is 9.36. The molecule has 2 amide bonds. The van der Waals surface area contributed by atoms with Crippen molar-refractivity contribution in [3.8, 4) is 16.2 Å². The van der Waals surface area contributed by atoms with Crippen LogP contribution in [0, 0.1) is 18.8 Å². The fourth-order valence-electron chi connectivity index (χ4n) is 4.44. The first-order chi connectivity index (χ1) is 16.4. The van der Waals surface area contributed by atoms with Crippen molar-refractivity contribution in [2.24, 2.45) is 17.6 Å². The van der Waals surface area contributed by atoms with Crippen LogP contribution in [0.15, 0.2) is 35.5 Å². The molecule has 0 saturated carbocycles. The number of nitrogens with zero attached hydrogens (tertiary/aromatic N) is 2. The summed E-state index contributed by atoms with van der Waals surface area (Å²) in [5, 5.41) is 24.0. The Bertz CT molecular complexity index is 1100. The van der Waals surface area contributed by atoms with Gasteiger partial charge in [-0.1, -0.05) is 26.0 Å². The quantitative estimate of drug-likeness (QED) is 0.407. The van der Waals surface area contributed by atoms with Crippen molar-refractivity contribution in [1.29, 1.82) is 0 Å². The van der Waals surface area contributed by atoms with Gasteiger partial charge in [0.15, 0.2) is 0 Å². The lowest BCUT2D eigenvalue weighted by Gasteiger charge is -2.30. The number of carbonyl (C=O) groups is 2. The molecule has 1 fully saturated rings. The summed E-state index contributed by atoms with van der Waals surface area (Å²) in [4.78, 5) is 33.2. The largest absolute Gasteiger partial charge is 0.512 e. The molecule has 190 valence electrons. The smallest absolute Gasteiger partial charge is 0.243 e. The second-order valence-corrected chi connectivity index (χ2v) is 11.0. The van der Waals surface area contributed by atoms with E-state index in [1.54, 1.807) is 36.4 Å².